The molecular formula is C26H29N3O4. The topological polar surface area (TPSA) is 56.2 Å². The number of ketones is 1. The molecule has 1 aromatic heterocycles. The smallest absolute Gasteiger partial charge is 0.231 e. The molecule has 0 saturated carbocycles. The molecule has 7 heteroatoms. The highest BCUT2D eigenvalue weighted by Crippen LogP contribution is 2.35. The largest absolute Gasteiger partial charge is 0.497 e. The molecule has 0 bridgehead atoms. The number of benzene rings is 2. The third-order valence-corrected chi connectivity index (χ3v) is 6.52. The summed E-state index contributed by atoms with van der Waals surface area (Å²) in [6, 6.07) is 16.0. The van der Waals surface area contributed by atoms with Crippen LogP contribution in [0.15, 0.2) is 48.5 Å². The van der Waals surface area contributed by atoms with Crippen LogP contribution in [0.25, 0.3) is 5.69 Å². The molecule has 0 unspecified atom stereocenters. The molecule has 33 heavy (non-hydrogen) atoms. The van der Waals surface area contributed by atoms with Gasteiger partial charge in [0.05, 0.1) is 13.7 Å². The van der Waals surface area contributed by atoms with Gasteiger partial charge in [-0.1, -0.05) is 0 Å². The van der Waals surface area contributed by atoms with Crippen LogP contribution in [-0.4, -0.2) is 61.9 Å². The van der Waals surface area contributed by atoms with Gasteiger partial charge >= 0.3 is 0 Å². The number of aryl methyl sites for hydroxylation is 1. The summed E-state index contributed by atoms with van der Waals surface area (Å²) in [6.45, 7) is 8.23. The SMILES string of the molecule is COc1ccc(N2CCN(CC(=O)c3cc(C)n(-c4ccc5c(c4)OCO5)c3C)CC2)cc1. The quantitative estimate of drug-likeness (QED) is 0.536. The van der Waals surface area contributed by atoms with E-state index in [-0.39, 0.29) is 12.6 Å². The van der Waals surface area contributed by atoms with Crippen molar-refractivity contribution in [2.24, 2.45) is 0 Å². The number of rotatable bonds is 6. The summed E-state index contributed by atoms with van der Waals surface area (Å²) >= 11 is 0. The number of aromatic nitrogens is 1. The van der Waals surface area contributed by atoms with Crippen molar-refractivity contribution in [2.75, 3.05) is 51.5 Å². The molecule has 0 spiro atoms. The molecule has 172 valence electrons. The van der Waals surface area contributed by atoms with E-state index in [2.05, 4.69) is 26.5 Å². The zero-order valence-electron chi connectivity index (χ0n) is 19.3. The fourth-order valence-electron chi connectivity index (χ4n) is 4.71. The second-order valence-corrected chi connectivity index (χ2v) is 8.54. The van der Waals surface area contributed by atoms with Gasteiger partial charge in [0.25, 0.3) is 0 Å². The normalized spacial score (nSPS) is 15.7. The number of Topliss-reactive ketones (excluding diaryl/α,β-unsaturated/α-hetero) is 1. The molecule has 0 N–H and O–H groups in total. The molecule has 3 heterocycles. The van der Waals surface area contributed by atoms with Gasteiger partial charge in [-0.3, -0.25) is 9.69 Å². The van der Waals surface area contributed by atoms with Crippen LogP contribution in [0.4, 0.5) is 5.69 Å². The van der Waals surface area contributed by atoms with E-state index in [0.717, 1.165) is 66.1 Å². The maximum atomic E-state index is 13.2. The van der Waals surface area contributed by atoms with Gasteiger partial charge in [-0.25, -0.2) is 0 Å². The standard InChI is InChI=1S/C26H29N3O4/c1-18-14-23(19(2)29(18)21-6-9-25-26(15-21)33-17-32-25)24(30)16-27-10-12-28(13-11-27)20-4-7-22(31-3)8-5-20/h4-9,14-15H,10-13,16-17H2,1-3H3. The molecule has 1 saturated heterocycles. The molecule has 5 rings (SSSR count). The van der Waals surface area contributed by atoms with Gasteiger partial charge in [0.2, 0.25) is 6.79 Å². The molecule has 2 aromatic carbocycles. The van der Waals surface area contributed by atoms with Crippen molar-refractivity contribution in [1.29, 1.82) is 0 Å². The highest BCUT2D eigenvalue weighted by molar-refractivity contribution is 5.99. The Morgan fingerprint density at radius 2 is 1.61 bits per heavy atom. The summed E-state index contributed by atoms with van der Waals surface area (Å²) in [5.74, 6) is 2.52. The van der Waals surface area contributed by atoms with Crippen molar-refractivity contribution in [3.05, 3.63) is 65.5 Å². The van der Waals surface area contributed by atoms with Crippen molar-refractivity contribution < 1.29 is 19.0 Å². The Balaban J connectivity index is 1.25. The Morgan fingerprint density at radius 3 is 2.33 bits per heavy atom. The lowest BCUT2D eigenvalue weighted by Crippen LogP contribution is -2.48. The van der Waals surface area contributed by atoms with Gasteiger partial charge < -0.3 is 23.7 Å². The van der Waals surface area contributed by atoms with Crippen molar-refractivity contribution in [1.82, 2.24) is 9.47 Å². The Labute approximate surface area is 194 Å². The lowest BCUT2D eigenvalue weighted by atomic mass is 10.1. The summed E-state index contributed by atoms with van der Waals surface area (Å²) in [6.07, 6.45) is 0. The summed E-state index contributed by atoms with van der Waals surface area (Å²) in [5, 5.41) is 0. The number of carbonyl (C=O) groups is 1. The van der Waals surface area contributed by atoms with E-state index in [4.69, 9.17) is 14.2 Å². The number of fused-ring (bicyclic) bond motifs is 1. The van der Waals surface area contributed by atoms with Crippen molar-refractivity contribution in [3.63, 3.8) is 0 Å². The zero-order valence-corrected chi connectivity index (χ0v) is 19.3. The maximum absolute atomic E-state index is 13.2. The van der Waals surface area contributed by atoms with E-state index in [0.29, 0.717) is 6.54 Å². The van der Waals surface area contributed by atoms with E-state index in [1.807, 2.05) is 50.2 Å². The molecule has 0 aliphatic carbocycles. The zero-order chi connectivity index (χ0) is 22.9. The minimum Gasteiger partial charge on any atom is -0.497 e. The first kappa shape index (κ1) is 21.4. The van der Waals surface area contributed by atoms with Crippen LogP contribution in [0.5, 0.6) is 17.2 Å². The highest BCUT2D eigenvalue weighted by Gasteiger charge is 2.23. The number of methoxy groups -OCH3 is 1. The number of nitrogens with zero attached hydrogens (tertiary/aromatic N) is 3. The summed E-state index contributed by atoms with van der Waals surface area (Å²) < 4.78 is 18.3. The first-order valence-electron chi connectivity index (χ1n) is 11.3. The minimum absolute atomic E-state index is 0.160. The molecule has 2 aliphatic rings. The van der Waals surface area contributed by atoms with Gasteiger partial charge in [0.1, 0.15) is 5.75 Å². The van der Waals surface area contributed by atoms with Crippen LogP contribution in [0.3, 0.4) is 0 Å². The predicted octanol–water partition coefficient (Wildman–Crippen LogP) is 3.84. The van der Waals surface area contributed by atoms with Gasteiger partial charge in [-0.05, 0) is 56.3 Å². The van der Waals surface area contributed by atoms with Gasteiger partial charge in [-0.2, -0.15) is 0 Å². The van der Waals surface area contributed by atoms with Crippen LogP contribution >= 0.6 is 0 Å². The van der Waals surface area contributed by atoms with Crippen molar-refractivity contribution in [3.8, 4) is 22.9 Å². The Bertz CT molecular complexity index is 1160. The van der Waals surface area contributed by atoms with Crippen LogP contribution in [0.1, 0.15) is 21.7 Å². The van der Waals surface area contributed by atoms with Crippen LogP contribution < -0.4 is 19.1 Å². The van der Waals surface area contributed by atoms with Gasteiger partial charge in [0.15, 0.2) is 17.3 Å². The number of piperazine rings is 1. The van der Waals surface area contributed by atoms with Crippen LogP contribution in [-0.2, 0) is 0 Å². The van der Waals surface area contributed by atoms with E-state index < -0.39 is 0 Å². The minimum atomic E-state index is 0.160. The molecule has 2 aliphatic heterocycles. The number of hydrogen-bond acceptors (Lipinski definition) is 6. The monoisotopic (exact) mass is 447 g/mol. The predicted molar refractivity (Wildman–Crippen MR) is 127 cm³/mol. The molecule has 7 nitrogen and oxygen atoms in total. The molecular weight excluding hydrogens is 418 g/mol. The fourth-order valence-corrected chi connectivity index (χ4v) is 4.71. The Hall–Kier alpha value is -3.45. The number of anilines is 1. The van der Waals surface area contributed by atoms with E-state index in [1.165, 1.54) is 5.69 Å². The molecule has 0 atom stereocenters. The first-order chi connectivity index (χ1) is 16.0. The summed E-state index contributed by atoms with van der Waals surface area (Å²) in [4.78, 5) is 17.8. The highest BCUT2D eigenvalue weighted by atomic mass is 16.7. The number of carbonyl (C=O) groups excluding carboxylic acids is 1. The van der Waals surface area contributed by atoms with E-state index in [1.54, 1.807) is 7.11 Å². The number of hydrogen-bond donors (Lipinski definition) is 0. The fraction of sp³-hybridized carbons (Fsp3) is 0.346. The summed E-state index contributed by atoms with van der Waals surface area (Å²) in [7, 11) is 1.68. The van der Waals surface area contributed by atoms with Crippen LogP contribution in [0.2, 0.25) is 0 Å². The number of ether oxygens (including phenoxy) is 3. The van der Waals surface area contributed by atoms with Crippen LogP contribution in [0, 0.1) is 13.8 Å². The molecule has 3 aromatic rings. The van der Waals surface area contributed by atoms with Crippen molar-refractivity contribution >= 4 is 11.5 Å². The Morgan fingerprint density at radius 1 is 0.909 bits per heavy atom. The Kier molecular flexibility index (Phi) is 5.72. The maximum Gasteiger partial charge on any atom is 0.231 e. The van der Waals surface area contributed by atoms with E-state index >= 15 is 0 Å². The van der Waals surface area contributed by atoms with Gasteiger partial charge in [0, 0.05) is 60.6 Å². The average Bonchev–Trinajstić information content (AvgIpc) is 3.42. The third-order valence-electron chi connectivity index (χ3n) is 6.52. The second-order valence-electron chi connectivity index (χ2n) is 8.54. The lowest BCUT2D eigenvalue weighted by Gasteiger charge is -2.35. The molecule has 1 fully saturated rings. The molecule has 0 radical (unpaired) electrons. The third kappa shape index (κ3) is 4.16. The van der Waals surface area contributed by atoms with E-state index in [9.17, 15) is 4.79 Å². The van der Waals surface area contributed by atoms with Gasteiger partial charge in [-0.15, -0.1) is 0 Å². The molecule has 0 amide bonds. The first-order valence-corrected chi connectivity index (χ1v) is 11.3. The second kappa shape index (κ2) is 8.83. The lowest BCUT2D eigenvalue weighted by molar-refractivity contribution is 0.0926. The average molecular weight is 448 g/mol. The van der Waals surface area contributed by atoms with Crippen molar-refractivity contribution in [2.45, 2.75) is 13.8 Å². The summed E-state index contributed by atoms with van der Waals surface area (Å²) in [5.41, 5.74) is 4.92.